The molecule has 0 atom stereocenters. The van der Waals surface area contributed by atoms with Gasteiger partial charge in [-0.2, -0.15) is 0 Å². The first-order chi connectivity index (χ1) is 14.1. The Hall–Kier alpha value is -3.05. The molecule has 0 saturated carbocycles. The summed E-state index contributed by atoms with van der Waals surface area (Å²) in [5.41, 5.74) is 5.76. The van der Waals surface area contributed by atoms with Crippen LogP contribution in [-0.4, -0.2) is 21.9 Å². The number of hydrogen-bond donors (Lipinski definition) is 0. The molecule has 0 fully saturated rings. The Bertz CT molecular complexity index is 1120. The highest BCUT2D eigenvalue weighted by atomic mass is 32.2. The minimum Gasteiger partial charge on any atom is -0.497 e. The zero-order chi connectivity index (χ0) is 20.2. The van der Waals surface area contributed by atoms with Gasteiger partial charge in [0.15, 0.2) is 11.0 Å². The molecule has 29 heavy (non-hydrogen) atoms. The van der Waals surface area contributed by atoms with Crippen molar-refractivity contribution in [3.8, 4) is 22.8 Å². The predicted octanol–water partition coefficient (Wildman–Crippen LogP) is 5.85. The van der Waals surface area contributed by atoms with Gasteiger partial charge in [-0.3, -0.25) is 4.57 Å². The number of rotatable bonds is 6. The lowest BCUT2D eigenvalue weighted by atomic mass is 10.1. The number of benzene rings is 3. The summed E-state index contributed by atoms with van der Waals surface area (Å²) >= 11 is 1.68. The fraction of sp³-hybridized carbons (Fsp3) is 0.167. The lowest BCUT2D eigenvalue weighted by Gasteiger charge is -2.11. The van der Waals surface area contributed by atoms with Gasteiger partial charge in [0.2, 0.25) is 0 Å². The number of methoxy groups -OCH3 is 1. The topological polar surface area (TPSA) is 39.9 Å². The summed E-state index contributed by atoms with van der Waals surface area (Å²) in [4.78, 5) is 0. The van der Waals surface area contributed by atoms with Crippen LogP contribution in [0.3, 0.4) is 0 Å². The SMILES string of the molecule is COc1ccc(CSc2nnc(-c3cccc(C)c3)n2-c2cccc(C)c2)cc1. The maximum absolute atomic E-state index is 5.25. The van der Waals surface area contributed by atoms with Crippen LogP contribution in [0.2, 0.25) is 0 Å². The van der Waals surface area contributed by atoms with Gasteiger partial charge in [0.25, 0.3) is 0 Å². The minimum atomic E-state index is 0.807. The van der Waals surface area contributed by atoms with Crippen LogP contribution < -0.4 is 4.74 Å². The summed E-state index contributed by atoms with van der Waals surface area (Å²) < 4.78 is 7.40. The van der Waals surface area contributed by atoms with Crippen molar-refractivity contribution in [2.75, 3.05) is 7.11 Å². The highest BCUT2D eigenvalue weighted by Gasteiger charge is 2.16. The monoisotopic (exact) mass is 401 g/mol. The molecule has 3 aromatic carbocycles. The van der Waals surface area contributed by atoms with E-state index in [2.05, 4.69) is 89.3 Å². The van der Waals surface area contributed by atoms with Crippen LogP contribution in [0.4, 0.5) is 0 Å². The quantitative estimate of drug-likeness (QED) is 0.380. The van der Waals surface area contributed by atoms with Gasteiger partial charge in [-0.15, -0.1) is 10.2 Å². The first kappa shape index (κ1) is 19.3. The second-order valence-corrected chi connectivity index (χ2v) is 7.93. The highest BCUT2D eigenvalue weighted by molar-refractivity contribution is 7.98. The maximum Gasteiger partial charge on any atom is 0.196 e. The van der Waals surface area contributed by atoms with Crippen LogP contribution in [0.5, 0.6) is 5.75 Å². The third-order valence-corrected chi connectivity index (χ3v) is 5.70. The molecule has 0 N–H and O–H groups in total. The first-order valence-electron chi connectivity index (χ1n) is 9.49. The minimum absolute atomic E-state index is 0.807. The van der Waals surface area contributed by atoms with Crippen molar-refractivity contribution < 1.29 is 4.74 Å². The lowest BCUT2D eigenvalue weighted by molar-refractivity contribution is 0.414. The number of ether oxygens (including phenoxy) is 1. The van der Waals surface area contributed by atoms with Gasteiger partial charge in [-0.25, -0.2) is 0 Å². The highest BCUT2D eigenvalue weighted by Crippen LogP contribution is 2.30. The number of nitrogens with zero attached hydrogens (tertiary/aromatic N) is 3. The molecule has 146 valence electrons. The van der Waals surface area contributed by atoms with Gasteiger partial charge in [0.05, 0.1) is 7.11 Å². The smallest absolute Gasteiger partial charge is 0.196 e. The van der Waals surface area contributed by atoms with Crippen LogP contribution in [0.15, 0.2) is 78.0 Å². The van der Waals surface area contributed by atoms with E-state index in [9.17, 15) is 0 Å². The number of aryl methyl sites for hydroxylation is 2. The van der Waals surface area contributed by atoms with E-state index in [0.717, 1.165) is 33.7 Å². The van der Waals surface area contributed by atoms with E-state index in [1.54, 1.807) is 18.9 Å². The molecule has 0 bridgehead atoms. The molecule has 0 unspecified atom stereocenters. The van der Waals surface area contributed by atoms with E-state index in [0.29, 0.717) is 0 Å². The van der Waals surface area contributed by atoms with E-state index in [1.807, 2.05) is 12.1 Å². The van der Waals surface area contributed by atoms with E-state index >= 15 is 0 Å². The number of thioether (sulfide) groups is 1. The van der Waals surface area contributed by atoms with Crippen molar-refractivity contribution >= 4 is 11.8 Å². The van der Waals surface area contributed by atoms with E-state index in [1.165, 1.54) is 16.7 Å². The summed E-state index contributed by atoms with van der Waals surface area (Å²) in [5, 5.41) is 9.95. The molecule has 0 radical (unpaired) electrons. The van der Waals surface area contributed by atoms with Gasteiger partial charge in [-0.05, 0) is 55.3 Å². The van der Waals surface area contributed by atoms with Crippen LogP contribution in [0.25, 0.3) is 17.1 Å². The maximum atomic E-state index is 5.25. The Balaban J connectivity index is 1.71. The third kappa shape index (κ3) is 4.35. The Morgan fingerprint density at radius 3 is 2.28 bits per heavy atom. The zero-order valence-electron chi connectivity index (χ0n) is 16.8. The number of aromatic nitrogens is 3. The van der Waals surface area contributed by atoms with Gasteiger partial charge in [-0.1, -0.05) is 59.8 Å². The fourth-order valence-electron chi connectivity index (χ4n) is 3.20. The van der Waals surface area contributed by atoms with E-state index < -0.39 is 0 Å². The molecule has 4 rings (SSSR count). The van der Waals surface area contributed by atoms with Gasteiger partial charge in [0.1, 0.15) is 5.75 Å². The van der Waals surface area contributed by atoms with Crippen LogP contribution in [-0.2, 0) is 5.75 Å². The average Bonchev–Trinajstić information content (AvgIpc) is 3.16. The Labute approximate surface area is 175 Å². The van der Waals surface area contributed by atoms with Gasteiger partial charge >= 0.3 is 0 Å². The summed E-state index contributed by atoms with van der Waals surface area (Å²) in [6.45, 7) is 4.20. The summed E-state index contributed by atoms with van der Waals surface area (Å²) in [6, 6.07) is 25.0. The molecule has 4 aromatic rings. The molecule has 0 aliphatic carbocycles. The second kappa shape index (κ2) is 8.53. The number of hydrogen-bond acceptors (Lipinski definition) is 4. The molecule has 0 aliphatic heterocycles. The molecular formula is C24H23N3OS. The average molecular weight is 402 g/mol. The van der Waals surface area contributed by atoms with Crippen LogP contribution in [0, 0.1) is 13.8 Å². The van der Waals surface area contributed by atoms with Crippen molar-refractivity contribution in [2.24, 2.45) is 0 Å². The Morgan fingerprint density at radius 2 is 1.59 bits per heavy atom. The van der Waals surface area contributed by atoms with Crippen molar-refractivity contribution in [1.29, 1.82) is 0 Å². The van der Waals surface area contributed by atoms with Crippen molar-refractivity contribution in [1.82, 2.24) is 14.8 Å². The summed E-state index contributed by atoms with van der Waals surface area (Å²) in [6.07, 6.45) is 0. The molecular weight excluding hydrogens is 378 g/mol. The fourth-order valence-corrected chi connectivity index (χ4v) is 4.11. The summed E-state index contributed by atoms with van der Waals surface area (Å²) in [5.74, 6) is 2.53. The van der Waals surface area contributed by atoms with Crippen molar-refractivity contribution in [3.63, 3.8) is 0 Å². The molecule has 1 heterocycles. The molecule has 5 heteroatoms. The van der Waals surface area contributed by atoms with Crippen molar-refractivity contribution in [2.45, 2.75) is 24.8 Å². The van der Waals surface area contributed by atoms with Gasteiger partial charge in [0, 0.05) is 17.0 Å². The largest absolute Gasteiger partial charge is 0.497 e. The lowest BCUT2D eigenvalue weighted by Crippen LogP contribution is -2.00. The van der Waals surface area contributed by atoms with Crippen LogP contribution in [0.1, 0.15) is 16.7 Å². The molecule has 0 saturated heterocycles. The second-order valence-electron chi connectivity index (χ2n) is 6.99. The molecule has 4 nitrogen and oxygen atoms in total. The van der Waals surface area contributed by atoms with Gasteiger partial charge < -0.3 is 4.74 Å². The van der Waals surface area contributed by atoms with Crippen LogP contribution >= 0.6 is 11.8 Å². The molecule has 0 spiro atoms. The first-order valence-corrected chi connectivity index (χ1v) is 10.5. The van der Waals surface area contributed by atoms with E-state index in [-0.39, 0.29) is 0 Å². The van der Waals surface area contributed by atoms with Crippen molar-refractivity contribution in [3.05, 3.63) is 89.5 Å². The molecule has 1 aromatic heterocycles. The third-order valence-electron chi connectivity index (χ3n) is 4.70. The predicted molar refractivity (Wildman–Crippen MR) is 119 cm³/mol. The Kier molecular flexibility index (Phi) is 5.67. The molecule has 0 aliphatic rings. The standard InChI is InChI=1S/C24H23N3OS/c1-17-6-4-8-20(14-17)23-25-26-24(27(23)21-9-5-7-18(2)15-21)29-16-19-10-12-22(28-3)13-11-19/h4-15H,16H2,1-3H3. The normalized spacial score (nSPS) is 10.9. The zero-order valence-corrected chi connectivity index (χ0v) is 17.6. The summed E-state index contributed by atoms with van der Waals surface area (Å²) in [7, 11) is 1.68. The van der Waals surface area contributed by atoms with E-state index in [4.69, 9.17) is 4.74 Å². The Morgan fingerprint density at radius 1 is 0.862 bits per heavy atom. The molecule has 0 amide bonds.